The first-order valence-electron chi connectivity index (χ1n) is 7.00. The van der Waals surface area contributed by atoms with E-state index in [1.165, 1.54) is 7.11 Å². The Morgan fingerprint density at radius 1 is 1.25 bits per heavy atom. The molecule has 1 aromatic rings. The number of nitrogens with zero attached hydrogens (tertiary/aromatic N) is 4. The van der Waals surface area contributed by atoms with Crippen LogP contribution < -0.4 is 0 Å². The van der Waals surface area contributed by atoms with Crippen LogP contribution in [-0.2, 0) is 22.5 Å². The average Bonchev–Trinajstić information content (AvgIpc) is 3.14. The van der Waals surface area contributed by atoms with Crippen molar-refractivity contribution in [3.05, 3.63) is 11.6 Å². The first-order chi connectivity index (χ1) is 9.70. The fraction of sp³-hybridized carbons (Fsp3) is 0.692. The average molecular weight is 278 g/mol. The number of methoxy groups -OCH3 is 1. The Morgan fingerprint density at radius 2 is 2.00 bits per heavy atom. The van der Waals surface area contributed by atoms with Gasteiger partial charge in [-0.2, -0.15) is 0 Å². The van der Waals surface area contributed by atoms with Crippen molar-refractivity contribution in [3.63, 3.8) is 0 Å². The molecule has 0 spiro atoms. The fourth-order valence-electron chi connectivity index (χ4n) is 2.91. The molecule has 1 amide bonds. The Kier molecular flexibility index (Phi) is 3.42. The third kappa shape index (κ3) is 2.17. The zero-order chi connectivity index (χ0) is 14.1. The smallest absolute Gasteiger partial charge is 0.310 e. The summed E-state index contributed by atoms with van der Waals surface area (Å²) < 4.78 is 6.58. The SMILES string of the molecule is COC(=O)C1CCc2nnc(C(=O)N3CCCC3)n2C1. The number of ether oxygens (including phenoxy) is 1. The maximum absolute atomic E-state index is 12.4. The minimum absolute atomic E-state index is 0.0771. The van der Waals surface area contributed by atoms with Gasteiger partial charge in [0.05, 0.1) is 13.0 Å². The summed E-state index contributed by atoms with van der Waals surface area (Å²) in [5.74, 6) is 0.618. The normalized spacial score (nSPS) is 21.6. The molecule has 7 heteroatoms. The van der Waals surface area contributed by atoms with Gasteiger partial charge in [-0.25, -0.2) is 0 Å². The van der Waals surface area contributed by atoms with Crippen LogP contribution in [0.15, 0.2) is 0 Å². The van der Waals surface area contributed by atoms with Crippen LogP contribution in [0.1, 0.15) is 35.7 Å². The molecule has 20 heavy (non-hydrogen) atoms. The number of carbonyl (C=O) groups excluding carboxylic acids is 2. The minimum Gasteiger partial charge on any atom is -0.469 e. The maximum Gasteiger partial charge on any atom is 0.310 e. The van der Waals surface area contributed by atoms with E-state index in [2.05, 4.69) is 10.2 Å². The highest BCUT2D eigenvalue weighted by molar-refractivity contribution is 5.91. The molecular weight excluding hydrogens is 260 g/mol. The van der Waals surface area contributed by atoms with Crippen LogP contribution in [0.5, 0.6) is 0 Å². The number of aryl methyl sites for hydroxylation is 1. The van der Waals surface area contributed by atoms with Crippen molar-refractivity contribution in [2.24, 2.45) is 5.92 Å². The van der Waals surface area contributed by atoms with Crippen molar-refractivity contribution in [1.29, 1.82) is 0 Å². The van der Waals surface area contributed by atoms with E-state index in [9.17, 15) is 9.59 Å². The van der Waals surface area contributed by atoms with Crippen molar-refractivity contribution in [2.75, 3.05) is 20.2 Å². The first-order valence-corrected chi connectivity index (χ1v) is 7.00. The summed E-state index contributed by atoms with van der Waals surface area (Å²) >= 11 is 0. The quantitative estimate of drug-likeness (QED) is 0.725. The lowest BCUT2D eigenvalue weighted by Crippen LogP contribution is -2.34. The largest absolute Gasteiger partial charge is 0.469 e. The highest BCUT2D eigenvalue weighted by Gasteiger charge is 2.32. The highest BCUT2D eigenvalue weighted by atomic mass is 16.5. The Morgan fingerprint density at radius 3 is 2.70 bits per heavy atom. The third-order valence-electron chi connectivity index (χ3n) is 4.07. The predicted octanol–water partition coefficient (Wildman–Crippen LogP) is 0.249. The maximum atomic E-state index is 12.4. The summed E-state index contributed by atoms with van der Waals surface area (Å²) in [6, 6.07) is 0. The van der Waals surface area contributed by atoms with Crippen molar-refractivity contribution in [1.82, 2.24) is 19.7 Å². The number of hydrogen-bond donors (Lipinski definition) is 0. The second-order valence-corrected chi connectivity index (χ2v) is 5.31. The number of amides is 1. The Bertz CT molecular complexity index is 534. The number of esters is 1. The molecule has 108 valence electrons. The number of aromatic nitrogens is 3. The number of likely N-dealkylation sites (tertiary alicyclic amines) is 1. The first kappa shape index (κ1) is 13.1. The lowest BCUT2D eigenvalue weighted by molar-refractivity contribution is -0.146. The van der Waals surface area contributed by atoms with Gasteiger partial charge < -0.3 is 14.2 Å². The number of fused-ring (bicyclic) bond motifs is 1. The van der Waals surface area contributed by atoms with Crippen LogP contribution in [0.4, 0.5) is 0 Å². The van der Waals surface area contributed by atoms with Gasteiger partial charge in [-0.3, -0.25) is 9.59 Å². The molecule has 1 aromatic heterocycles. The van der Waals surface area contributed by atoms with Gasteiger partial charge in [0.25, 0.3) is 5.91 Å². The zero-order valence-electron chi connectivity index (χ0n) is 11.5. The van der Waals surface area contributed by atoms with Gasteiger partial charge in [0.1, 0.15) is 5.82 Å². The molecule has 0 radical (unpaired) electrons. The second kappa shape index (κ2) is 5.22. The van der Waals surface area contributed by atoms with Gasteiger partial charge in [-0.15, -0.1) is 10.2 Å². The molecule has 1 fully saturated rings. The highest BCUT2D eigenvalue weighted by Crippen LogP contribution is 2.22. The Labute approximate surface area is 116 Å². The molecule has 3 rings (SSSR count). The van der Waals surface area contributed by atoms with Crippen molar-refractivity contribution >= 4 is 11.9 Å². The number of hydrogen-bond acceptors (Lipinski definition) is 5. The summed E-state index contributed by atoms with van der Waals surface area (Å²) in [5.41, 5.74) is 0. The van der Waals surface area contributed by atoms with Gasteiger partial charge in [-0.05, 0) is 19.3 Å². The molecule has 1 atom stereocenters. The number of carbonyl (C=O) groups is 2. The zero-order valence-corrected chi connectivity index (χ0v) is 11.5. The number of rotatable bonds is 2. The molecule has 0 aliphatic carbocycles. The van der Waals surface area contributed by atoms with Crippen LogP contribution in [0.3, 0.4) is 0 Å². The molecule has 0 aromatic carbocycles. The predicted molar refractivity (Wildman–Crippen MR) is 69.0 cm³/mol. The van der Waals surface area contributed by atoms with E-state index in [1.54, 1.807) is 9.47 Å². The lowest BCUT2D eigenvalue weighted by Gasteiger charge is -2.23. The summed E-state index contributed by atoms with van der Waals surface area (Å²) in [4.78, 5) is 25.9. The third-order valence-corrected chi connectivity index (χ3v) is 4.07. The standard InChI is InChI=1S/C13H18N4O3/c1-20-13(19)9-4-5-10-14-15-11(17(10)8-9)12(18)16-6-2-3-7-16/h9H,2-8H2,1H3. The van der Waals surface area contributed by atoms with Crippen LogP contribution in [-0.4, -0.2) is 51.7 Å². The molecular formula is C13H18N4O3. The Hall–Kier alpha value is -1.92. The summed E-state index contributed by atoms with van der Waals surface area (Å²) in [6.07, 6.45) is 3.43. The lowest BCUT2D eigenvalue weighted by atomic mass is 9.99. The minimum atomic E-state index is -0.232. The molecule has 0 saturated carbocycles. The Balaban J connectivity index is 1.83. The van der Waals surface area contributed by atoms with Crippen LogP contribution in [0, 0.1) is 5.92 Å². The molecule has 2 aliphatic rings. The van der Waals surface area contributed by atoms with E-state index < -0.39 is 0 Å². The van der Waals surface area contributed by atoms with Gasteiger partial charge >= 0.3 is 5.97 Å². The molecule has 1 saturated heterocycles. The van der Waals surface area contributed by atoms with Gasteiger partial charge in [0.15, 0.2) is 0 Å². The van der Waals surface area contributed by atoms with E-state index in [0.717, 1.165) is 31.8 Å². The van der Waals surface area contributed by atoms with Gasteiger partial charge in [-0.1, -0.05) is 0 Å². The van der Waals surface area contributed by atoms with Crippen LogP contribution in [0.25, 0.3) is 0 Å². The van der Waals surface area contributed by atoms with Crippen molar-refractivity contribution in [3.8, 4) is 0 Å². The topological polar surface area (TPSA) is 77.3 Å². The molecule has 0 N–H and O–H groups in total. The van der Waals surface area contributed by atoms with E-state index >= 15 is 0 Å². The summed E-state index contributed by atoms with van der Waals surface area (Å²) in [5, 5.41) is 8.11. The van der Waals surface area contributed by atoms with E-state index in [-0.39, 0.29) is 17.8 Å². The van der Waals surface area contributed by atoms with Gasteiger partial charge in [0.2, 0.25) is 5.82 Å². The molecule has 3 heterocycles. The molecule has 1 unspecified atom stereocenters. The monoisotopic (exact) mass is 278 g/mol. The molecule has 2 aliphatic heterocycles. The van der Waals surface area contributed by atoms with Crippen LogP contribution in [0.2, 0.25) is 0 Å². The molecule has 0 bridgehead atoms. The summed E-state index contributed by atoms with van der Waals surface area (Å²) in [7, 11) is 1.39. The van der Waals surface area contributed by atoms with E-state index in [1.807, 2.05) is 0 Å². The van der Waals surface area contributed by atoms with Crippen LogP contribution >= 0.6 is 0 Å². The van der Waals surface area contributed by atoms with E-state index in [4.69, 9.17) is 4.74 Å². The fourth-order valence-corrected chi connectivity index (χ4v) is 2.91. The van der Waals surface area contributed by atoms with Crippen molar-refractivity contribution < 1.29 is 14.3 Å². The second-order valence-electron chi connectivity index (χ2n) is 5.31. The summed E-state index contributed by atoms with van der Waals surface area (Å²) in [6.45, 7) is 1.99. The van der Waals surface area contributed by atoms with Gasteiger partial charge in [0, 0.05) is 26.1 Å². The van der Waals surface area contributed by atoms with E-state index in [0.29, 0.717) is 25.2 Å². The van der Waals surface area contributed by atoms with Crippen molar-refractivity contribution in [2.45, 2.75) is 32.2 Å². The molecule has 7 nitrogen and oxygen atoms in total.